The van der Waals surface area contributed by atoms with Crippen LogP contribution < -0.4 is 10.1 Å². The van der Waals surface area contributed by atoms with Crippen LogP contribution in [-0.2, 0) is 6.54 Å². The third-order valence-corrected chi connectivity index (χ3v) is 4.33. The van der Waals surface area contributed by atoms with E-state index in [1.54, 1.807) is 7.05 Å². The predicted octanol–water partition coefficient (Wildman–Crippen LogP) is 3.83. The molecule has 0 radical (unpaired) electrons. The number of nitrogens with one attached hydrogen (secondary N) is 1. The van der Waals surface area contributed by atoms with Crippen LogP contribution in [0.4, 0.5) is 0 Å². The van der Waals surface area contributed by atoms with Crippen LogP contribution in [0.3, 0.4) is 0 Å². The summed E-state index contributed by atoms with van der Waals surface area (Å²) in [6.07, 6.45) is 6.04. The van der Waals surface area contributed by atoms with Gasteiger partial charge in [-0.05, 0) is 38.0 Å². The van der Waals surface area contributed by atoms with Gasteiger partial charge in [-0.25, -0.2) is 4.98 Å². The van der Waals surface area contributed by atoms with Crippen molar-refractivity contribution < 1.29 is 4.74 Å². The first kappa shape index (κ1) is 23.6. The lowest BCUT2D eigenvalue weighted by Crippen LogP contribution is -2.41. The summed E-state index contributed by atoms with van der Waals surface area (Å²) in [7, 11) is 3.80. The maximum absolute atomic E-state index is 5.96. The van der Waals surface area contributed by atoms with E-state index in [4.69, 9.17) is 16.3 Å². The van der Waals surface area contributed by atoms with E-state index in [0.29, 0.717) is 11.6 Å². The maximum Gasteiger partial charge on any atom is 0.193 e. The van der Waals surface area contributed by atoms with Crippen molar-refractivity contribution in [2.45, 2.75) is 26.3 Å². The number of ether oxygens (including phenoxy) is 1. The van der Waals surface area contributed by atoms with Crippen LogP contribution >= 0.6 is 35.6 Å². The molecule has 0 fully saturated rings. The van der Waals surface area contributed by atoms with E-state index < -0.39 is 0 Å². The van der Waals surface area contributed by atoms with Gasteiger partial charge in [0.2, 0.25) is 0 Å². The SMILES string of the molecule is CN=C(NCCCCn1ccnc1C)N(C)CCOc1cccc(Cl)c1.I. The zero-order valence-electron chi connectivity index (χ0n) is 16.2. The Morgan fingerprint density at radius 2 is 2.19 bits per heavy atom. The number of aryl methyl sites for hydroxylation is 2. The lowest BCUT2D eigenvalue weighted by Gasteiger charge is -2.22. The topological polar surface area (TPSA) is 54.7 Å². The van der Waals surface area contributed by atoms with Crippen molar-refractivity contribution in [3.05, 3.63) is 47.5 Å². The minimum absolute atomic E-state index is 0. The van der Waals surface area contributed by atoms with Gasteiger partial charge in [-0.1, -0.05) is 17.7 Å². The first-order valence-corrected chi connectivity index (χ1v) is 9.26. The van der Waals surface area contributed by atoms with Gasteiger partial charge in [0.15, 0.2) is 5.96 Å². The minimum atomic E-state index is 0. The first-order chi connectivity index (χ1) is 12.6. The molecule has 0 unspecified atom stereocenters. The molecule has 27 heavy (non-hydrogen) atoms. The molecular weight excluding hydrogens is 477 g/mol. The average Bonchev–Trinajstić information content (AvgIpc) is 3.03. The number of benzene rings is 1. The van der Waals surface area contributed by atoms with Gasteiger partial charge in [0, 0.05) is 44.6 Å². The van der Waals surface area contributed by atoms with Gasteiger partial charge in [-0.2, -0.15) is 0 Å². The minimum Gasteiger partial charge on any atom is -0.492 e. The molecule has 6 nitrogen and oxygen atoms in total. The Morgan fingerprint density at radius 3 is 2.85 bits per heavy atom. The number of hydrogen-bond donors (Lipinski definition) is 1. The van der Waals surface area contributed by atoms with Crippen LogP contribution in [-0.4, -0.2) is 54.2 Å². The molecule has 0 atom stereocenters. The number of aliphatic imine (C=N–C) groups is 1. The fourth-order valence-corrected chi connectivity index (χ4v) is 2.78. The smallest absolute Gasteiger partial charge is 0.193 e. The van der Waals surface area contributed by atoms with E-state index in [9.17, 15) is 0 Å². The van der Waals surface area contributed by atoms with Crippen LogP contribution in [0.5, 0.6) is 5.75 Å². The molecule has 1 N–H and O–H groups in total. The van der Waals surface area contributed by atoms with E-state index in [1.807, 2.05) is 50.6 Å². The number of aromatic nitrogens is 2. The fourth-order valence-electron chi connectivity index (χ4n) is 2.60. The standard InChI is InChI=1S/C19H28ClN5O.HI/c1-16-22-10-12-25(16)11-5-4-9-23-19(21-2)24(3)13-14-26-18-8-6-7-17(20)15-18;/h6-8,10,12,15H,4-5,9,11,13-14H2,1-3H3,(H,21,23);1H. The van der Waals surface area contributed by atoms with Gasteiger partial charge in [0.05, 0.1) is 6.54 Å². The molecule has 2 rings (SSSR count). The van der Waals surface area contributed by atoms with Crippen LogP contribution in [0.25, 0.3) is 0 Å². The van der Waals surface area contributed by atoms with Gasteiger partial charge in [-0.3, -0.25) is 4.99 Å². The molecule has 0 saturated heterocycles. The molecular formula is C19H29ClIN5O. The second kappa shape index (κ2) is 12.8. The monoisotopic (exact) mass is 505 g/mol. The normalized spacial score (nSPS) is 11.0. The molecule has 0 saturated carbocycles. The van der Waals surface area contributed by atoms with Crippen molar-refractivity contribution in [1.82, 2.24) is 19.8 Å². The molecule has 150 valence electrons. The molecule has 8 heteroatoms. The number of unbranched alkanes of at least 4 members (excludes halogenated alkanes) is 1. The molecule has 0 amide bonds. The average molecular weight is 506 g/mol. The van der Waals surface area contributed by atoms with Crippen LogP contribution in [0.1, 0.15) is 18.7 Å². The molecule has 2 aromatic rings. The molecule has 0 aliphatic carbocycles. The number of rotatable bonds is 9. The van der Waals surface area contributed by atoms with Crippen molar-refractivity contribution in [3.8, 4) is 5.75 Å². The lowest BCUT2D eigenvalue weighted by molar-refractivity contribution is 0.281. The number of likely N-dealkylation sites (N-methyl/N-ethyl adjacent to an activating group) is 1. The Morgan fingerprint density at radius 1 is 1.37 bits per heavy atom. The number of nitrogens with zero attached hydrogens (tertiary/aromatic N) is 4. The van der Waals surface area contributed by atoms with Crippen molar-refractivity contribution in [1.29, 1.82) is 0 Å². The highest BCUT2D eigenvalue weighted by Crippen LogP contribution is 2.16. The van der Waals surface area contributed by atoms with E-state index in [2.05, 4.69) is 24.8 Å². The van der Waals surface area contributed by atoms with Gasteiger partial charge in [0.1, 0.15) is 18.2 Å². The van der Waals surface area contributed by atoms with Gasteiger partial charge >= 0.3 is 0 Å². The summed E-state index contributed by atoms with van der Waals surface area (Å²) in [5, 5.41) is 4.08. The van der Waals surface area contributed by atoms with Crippen LogP contribution in [0.15, 0.2) is 41.7 Å². The third-order valence-electron chi connectivity index (χ3n) is 4.10. The summed E-state index contributed by atoms with van der Waals surface area (Å²) in [6.45, 7) is 5.22. The second-order valence-electron chi connectivity index (χ2n) is 6.08. The van der Waals surface area contributed by atoms with Crippen molar-refractivity contribution in [2.24, 2.45) is 4.99 Å². The highest BCUT2D eigenvalue weighted by Gasteiger charge is 2.06. The summed E-state index contributed by atoms with van der Waals surface area (Å²) in [5.74, 6) is 2.72. The fraction of sp³-hybridized carbons (Fsp3) is 0.474. The summed E-state index contributed by atoms with van der Waals surface area (Å²) in [4.78, 5) is 10.6. The first-order valence-electron chi connectivity index (χ1n) is 8.88. The summed E-state index contributed by atoms with van der Waals surface area (Å²) < 4.78 is 7.90. The third kappa shape index (κ3) is 8.38. The molecule has 0 spiro atoms. The van der Waals surface area contributed by atoms with Gasteiger partial charge in [-0.15, -0.1) is 24.0 Å². The summed E-state index contributed by atoms with van der Waals surface area (Å²) >= 11 is 5.96. The zero-order chi connectivity index (χ0) is 18.8. The molecule has 1 aromatic carbocycles. The Balaban J connectivity index is 0.00000364. The van der Waals surface area contributed by atoms with Crippen molar-refractivity contribution in [2.75, 3.05) is 33.8 Å². The largest absolute Gasteiger partial charge is 0.492 e. The number of hydrogen-bond acceptors (Lipinski definition) is 3. The highest BCUT2D eigenvalue weighted by atomic mass is 127. The van der Waals surface area contributed by atoms with Crippen LogP contribution in [0.2, 0.25) is 5.02 Å². The molecule has 0 aliphatic rings. The van der Waals surface area contributed by atoms with E-state index in [0.717, 1.165) is 50.0 Å². The Kier molecular flexibility index (Phi) is 11.2. The molecule has 0 bridgehead atoms. The molecule has 1 heterocycles. The summed E-state index contributed by atoms with van der Waals surface area (Å²) in [6, 6.07) is 7.44. The predicted molar refractivity (Wildman–Crippen MR) is 123 cm³/mol. The molecule has 1 aromatic heterocycles. The quantitative estimate of drug-likeness (QED) is 0.244. The zero-order valence-corrected chi connectivity index (χ0v) is 19.3. The summed E-state index contributed by atoms with van der Waals surface area (Å²) in [5.41, 5.74) is 0. The number of halogens is 2. The van der Waals surface area contributed by atoms with Crippen molar-refractivity contribution in [3.63, 3.8) is 0 Å². The Bertz CT molecular complexity index is 707. The second-order valence-corrected chi connectivity index (χ2v) is 6.51. The Labute approximate surface area is 184 Å². The van der Waals surface area contributed by atoms with Crippen LogP contribution in [0, 0.1) is 6.92 Å². The van der Waals surface area contributed by atoms with E-state index in [-0.39, 0.29) is 24.0 Å². The highest BCUT2D eigenvalue weighted by molar-refractivity contribution is 14.0. The van der Waals surface area contributed by atoms with Gasteiger partial charge < -0.3 is 19.5 Å². The maximum atomic E-state index is 5.96. The van der Waals surface area contributed by atoms with Crippen molar-refractivity contribution >= 4 is 41.5 Å². The Hall–Kier alpha value is -1.48. The lowest BCUT2D eigenvalue weighted by atomic mass is 10.3. The van der Waals surface area contributed by atoms with E-state index >= 15 is 0 Å². The van der Waals surface area contributed by atoms with E-state index in [1.165, 1.54) is 0 Å². The molecule has 0 aliphatic heterocycles. The number of imidazole rings is 1. The van der Waals surface area contributed by atoms with Gasteiger partial charge in [0.25, 0.3) is 0 Å². The number of guanidine groups is 1.